The summed E-state index contributed by atoms with van der Waals surface area (Å²) in [6.07, 6.45) is 0. The van der Waals surface area contributed by atoms with Crippen LogP contribution >= 0.6 is 11.6 Å². The van der Waals surface area contributed by atoms with Gasteiger partial charge in [0.25, 0.3) is 5.91 Å². The van der Waals surface area contributed by atoms with E-state index >= 15 is 0 Å². The van der Waals surface area contributed by atoms with Gasteiger partial charge in [-0.25, -0.2) is 0 Å². The summed E-state index contributed by atoms with van der Waals surface area (Å²) in [5.41, 5.74) is 0.989. The highest BCUT2D eigenvalue weighted by Crippen LogP contribution is 2.22. The van der Waals surface area contributed by atoms with Gasteiger partial charge in [-0.2, -0.15) is 0 Å². The third-order valence-electron chi connectivity index (χ3n) is 2.65. The minimum Gasteiger partial charge on any atom is -0.507 e. The van der Waals surface area contributed by atoms with Gasteiger partial charge in [0, 0.05) is 17.8 Å². The van der Waals surface area contributed by atoms with Gasteiger partial charge in [0.15, 0.2) is 0 Å². The lowest BCUT2D eigenvalue weighted by molar-refractivity contribution is 0.0990. The molecule has 18 heavy (non-hydrogen) atoms. The largest absolute Gasteiger partial charge is 0.507 e. The summed E-state index contributed by atoms with van der Waals surface area (Å²) in [5.74, 6) is -0.293. The molecule has 0 saturated carbocycles. The van der Waals surface area contributed by atoms with Crippen molar-refractivity contribution >= 4 is 23.2 Å². The van der Waals surface area contributed by atoms with Gasteiger partial charge >= 0.3 is 0 Å². The van der Waals surface area contributed by atoms with E-state index in [1.54, 1.807) is 49.5 Å². The van der Waals surface area contributed by atoms with Gasteiger partial charge in [-0.3, -0.25) is 4.79 Å². The van der Waals surface area contributed by atoms with E-state index in [-0.39, 0.29) is 17.2 Å². The number of phenols is 1. The summed E-state index contributed by atoms with van der Waals surface area (Å²) in [4.78, 5) is 13.6. The molecule has 3 nitrogen and oxygen atoms in total. The van der Waals surface area contributed by atoms with Crippen LogP contribution in [-0.4, -0.2) is 18.1 Å². The van der Waals surface area contributed by atoms with Crippen LogP contribution in [0.2, 0.25) is 5.02 Å². The second-order valence-electron chi connectivity index (χ2n) is 3.86. The van der Waals surface area contributed by atoms with Crippen LogP contribution in [0, 0.1) is 0 Å². The van der Waals surface area contributed by atoms with Crippen LogP contribution in [-0.2, 0) is 0 Å². The Morgan fingerprint density at radius 2 is 1.72 bits per heavy atom. The fraction of sp³-hybridized carbons (Fsp3) is 0.0714. The van der Waals surface area contributed by atoms with Crippen molar-refractivity contribution in [2.24, 2.45) is 0 Å². The van der Waals surface area contributed by atoms with E-state index in [4.69, 9.17) is 11.6 Å². The molecule has 1 amide bonds. The summed E-state index contributed by atoms with van der Waals surface area (Å²) in [6, 6.07) is 13.4. The summed E-state index contributed by atoms with van der Waals surface area (Å²) in [7, 11) is 1.65. The molecule has 0 atom stereocenters. The van der Waals surface area contributed by atoms with Crippen molar-refractivity contribution in [2.75, 3.05) is 11.9 Å². The first-order valence-electron chi connectivity index (χ1n) is 5.41. The topological polar surface area (TPSA) is 40.5 Å². The standard InChI is InChI=1S/C14H12ClNO2/c1-16(11-8-6-10(15)7-9-11)14(18)12-4-2-3-5-13(12)17/h2-9,17H,1H3. The smallest absolute Gasteiger partial charge is 0.261 e. The van der Waals surface area contributed by atoms with Crippen LogP contribution in [0.4, 0.5) is 5.69 Å². The van der Waals surface area contributed by atoms with Crippen molar-refractivity contribution < 1.29 is 9.90 Å². The number of amides is 1. The number of halogens is 1. The molecule has 2 aromatic rings. The molecule has 92 valence electrons. The molecule has 0 aliphatic carbocycles. The maximum Gasteiger partial charge on any atom is 0.261 e. The lowest BCUT2D eigenvalue weighted by Crippen LogP contribution is -2.26. The Hall–Kier alpha value is -2.00. The Balaban J connectivity index is 2.29. The number of benzene rings is 2. The summed E-state index contributed by atoms with van der Waals surface area (Å²) >= 11 is 5.79. The lowest BCUT2D eigenvalue weighted by Gasteiger charge is -2.17. The fourth-order valence-electron chi connectivity index (χ4n) is 1.62. The lowest BCUT2D eigenvalue weighted by atomic mass is 10.1. The van der Waals surface area contributed by atoms with Crippen molar-refractivity contribution in [1.29, 1.82) is 0 Å². The van der Waals surface area contributed by atoms with Crippen LogP contribution in [0.15, 0.2) is 48.5 Å². The van der Waals surface area contributed by atoms with Crippen LogP contribution in [0.3, 0.4) is 0 Å². The first kappa shape index (κ1) is 12.5. The molecule has 0 radical (unpaired) electrons. The predicted octanol–water partition coefficient (Wildman–Crippen LogP) is 3.32. The molecule has 0 bridgehead atoms. The van der Waals surface area contributed by atoms with Crippen molar-refractivity contribution in [3.8, 4) is 5.75 Å². The zero-order chi connectivity index (χ0) is 13.1. The fourth-order valence-corrected chi connectivity index (χ4v) is 1.74. The van der Waals surface area contributed by atoms with Crippen LogP contribution in [0.5, 0.6) is 5.75 Å². The first-order valence-corrected chi connectivity index (χ1v) is 5.79. The maximum absolute atomic E-state index is 12.2. The molecule has 4 heteroatoms. The number of rotatable bonds is 2. The second-order valence-corrected chi connectivity index (χ2v) is 4.29. The van der Waals surface area contributed by atoms with Crippen molar-refractivity contribution in [1.82, 2.24) is 0 Å². The number of aromatic hydroxyl groups is 1. The molecule has 0 aliphatic rings. The van der Waals surface area contributed by atoms with Crippen molar-refractivity contribution in [3.05, 3.63) is 59.1 Å². The molecule has 0 heterocycles. The number of nitrogens with zero attached hydrogens (tertiary/aromatic N) is 1. The molecular formula is C14H12ClNO2. The highest BCUT2D eigenvalue weighted by atomic mass is 35.5. The summed E-state index contributed by atoms with van der Waals surface area (Å²) < 4.78 is 0. The van der Waals surface area contributed by atoms with Gasteiger partial charge in [0.2, 0.25) is 0 Å². The summed E-state index contributed by atoms with van der Waals surface area (Å²) in [5, 5.41) is 10.3. The molecule has 0 aromatic heterocycles. The molecule has 0 fully saturated rings. The molecule has 0 unspecified atom stereocenters. The van der Waals surface area contributed by atoms with Gasteiger partial charge in [0.05, 0.1) is 5.56 Å². The van der Waals surface area contributed by atoms with Crippen LogP contribution in [0.25, 0.3) is 0 Å². The van der Waals surface area contributed by atoms with Gasteiger partial charge < -0.3 is 10.0 Å². The normalized spacial score (nSPS) is 10.1. The number of anilines is 1. The quantitative estimate of drug-likeness (QED) is 0.901. The Morgan fingerprint density at radius 1 is 1.11 bits per heavy atom. The average Bonchev–Trinajstić information content (AvgIpc) is 2.38. The molecule has 2 aromatic carbocycles. The average molecular weight is 262 g/mol. The number of hydrogen-bond donors (Lipinski definition) is 1. The number of carbonyl (C=O) groups is 1. The summed E-state index contributed by atoms with van der Waals surface area (Å²) in [6.45, 7) is 0. The van der Waals surface area contributed by atoms with E-state index < -0.39 is 0 Å². The zero-order valence-corrected chi connectivity index (χ0v) is 10.6. The highest BCUT2D eigenvalue weighted by molar-refractivity contribution is 6.30. The molecular weight excluding hydrogens is 250 g/mol. The Morgan fingerprint density at radius 3 is 2.33 bits per heavy atom. The molecule has 1 N–H and O–H groups in total. The maximum atomic E-state index is 12.2. The monoisotopic (exact) mass is 261 g/mol. The van der Waals surface area contributed by atoms with Crippen molar-refractivity contribution in [2.45, 2.75) is 0 Å². The van der Waals surface area contributed by atoms with E-state index in [1.165, 1.54) is 11.0 Å². The third-order valence-corrected chi connectivity index (χ3v) is 2.90. The highest BCUT2D eigenvalue weighted by Gasteiger charge is 2.16. The Kier molecular flexibility index (Phi) is 3.53. The van der Waals surface area contributed by atoms with E-state index in [0.29, 0.717) is 10.7 Å². The number of hydrogen-bond acceptors (Lipinski definition) is 2. The number of phenolic OH excluding ortho intramolecular Hbond substituents is 1. The van der Waals surface area contributed by atoms with Gasteiger partial charge in [-0.1, -0.05) is 23.7 Å². The predicted molar refractivity (Wildman–Crippen MR) is 72.3 cm³/mol. The van der Waals surface area contributed by atoms with E-state index in [1.807, 2.05) is 0 Å². The zero-order valence-electron chi connectivity index (χ0n) is 9.80. The van der Waals surface area contributed by atoms with Crippen LogP contribution in [0.1, 0.15) is 10.4 Å². The minimum atomic E-state index is -0.268. The van der Waals surface area contributed by atoms with E-state index in [2.05, 4.69) is 0 Å². The SMILES string of the molecule is CN(C(=O)c1ccccc1O)c1ccc(Cl)cc1. The van der Waals surface area contributed by atoms with Gasteiger partial charge in [-0.15, -0.1) is 0 Å². The molecule has 0 saturated heterocycles. The Labute approximate surface area is 110 Å². The number of carbonyl (C=O) groups excluding carboxylic acids is 1. The van der Waals surface area contributed by atoms with Gasteiger partial charge in [-0.05, 0) is 36.4 Å². The second kappa shape index (κ2) is 5.10. The van der Waals surface area contributed by atoms with Crippen molar-refractivity contribution in [3.63, 3.8) is 0 Å². The molecule has 0 aliphatic heterocycles. The van der Waals surface area contributed by atoms with E-state index in [0.717, 1.165) is 0 Å². The first-order chi connectivity index (χ1) is 8.59. The Bertz CT molecular complexity index is 566. The third kappa shape index (κ3) is 2.46. The molecule has 0 spiro atoms. The van der Waals surface area contributed by atoms with Gasteiger partial charge in [0.1, 0.15) is 5.75 Å². The van der Waals surface area contributed by atoms with Crippen LogP contribution < -0.4 is 4.90 Å². The van der Waals surface area contributed by atoms with E-state index in [9.17, 15) is 9.90 Å². The minimum absolute atomic E-state index is 0.0247. The molecule has 2 rings (SSSR count). The number of para-hydroxylation sites is 1.